The summed E-state index contributed by atoms with van der Waals surface area (Å²) in [4.78, 5) is 26.0. The highest BCUT2D eigenvalue weighted by Crippen LogP contribution is 2.08. The molecule has 1 N–H and O–H groups in total. The van der Waals surface area contributed by atoms with Gasteiger partial charge in [-0.3, -0.25) is 9.59 Å². The molecule has 5 heteroatoms. The summed E-state index contributed by atoms with van der Waals surface area (Å²) in [6.07, 6.45) is 0.391. The van der Waals surface area contributed by atoms with E-state index in [2.05, 4.69) is 5.32 Å². The number of benzene rings is 1. The van der Waals surface area contributed by atoms with Crippen LogP contribution in [0.4, 0.5) is 0 Å². The van der Waals surface area contributed by atoms with Crippen LogP contribution in [0.3, 0.4) is 0 Å². The summed E-state index contributed by atoms with van der Waals surface area (Å²) in [5, 5.41) is 2.86. The topological polar surface area (TPSA) is 58.6 Å². The molecule has 1 fully saturated rings. The van der Waals surface area contributed by atoms with Gasteiger partial charge < -0.3 is 15.0 Å². The number of carbonyl (C=O) groups excluding carboxylic acids is 2. The monoisotopic (exact) mass is 290 g/mol. The van der Waals surface area contributed by atoms with Crippen molar-refractivity contribution in [3.05, 3.63) is 35.9 Å². The third-order valence-corrected chi connectivity index (χ3v) is 3.49. The van der Waals surface area contributed by atoms with Crippen molar-refractivity contribution in [2.45, 2.75) is 32.4 Å². The molecule has 2 atom stereocenters. The molecule has 0 aromatic heterocycles. The highest BCUT2D eigenvalue weighted by molar-refractivity contribution is 5.94. The van der Waals surface area contributed by atoms with Crippen LogP contribution in [0.15, 0.2) is 30.3 Å². The van der Waals surface area contributed by atoms with Gasteiger partial charge >= 0.3 is 0 Å². The Bertz CT molecular complexity index is 490. The predicted molar refractivity (Wildman–Crippen MR) is 80.0 cm³/mol. The van der Waals surface area contributed by atoms with E-state index in [1.807, 2.05) is 32.0 Å². The molecule has 114 valence electrons. The van der Waals surface area contributed by atoms with Crippen LogP contribution < -0.4 is 5.32 Å². The first-order chi connectivity index (χ1) is 10.1. The van der Waals surface area contributed by atoms with Crippen molar-refractivity contribution in [3.63, 3.8) is 0 Å². The smallest absolute Gasteiger partial charge is 0.251 e. The van der Waals surface area contributed by atoms with E-state index in [4.69, 9.17) is 4.74 Å². The van der Waals surface area contributed by atoms with Crippen molar-refractivity contribution in [2.75, 3.05) is 19.7 Å². The standard InChI is InChI=1S/C16H22N2O3/c1-12(17-16(20)14-6-4-3-5-7-14)10-15(19)18-8-9-21-13(2)11-18/h3-7,12-13H,8-11H2,1-2H3,(H,17,20)/t12-,13+/m1/s1. The maximum Gasteiger partial charge on any atom is 0.251 e. The minimum atomic E-state index is -0.191. The molecule has 5 nitrogen and oxygen atoms in total. The lowest BCUT2D eigenvalue weighted by Gasteiger charge is -2.32. The lowest BCUT2D eigenvalue weighted by Crippen LogP contribution is -2.46. The van der Waals surface area contributed by atoms with E-state index in [-0.39, 0.29) is 24.0 Å². The van der Waals surface area contributed by atoms with Crippen molar-refractivity contribution in [3.8, 4) is 0 Å². The van der Waals surface area contributed by atoms with Crippen LogP contribution in [0.5, 0.6) is 0 Å². The van der Waals surface area contributed by atoms with Gasteiger partial charge in [0.15, 0.2) is 0 Å². The fourth-order valence-electron chi connectivity index (χ4n) is 2.38. The molecule has 1 aromatic carbocycles. The first kappa shape index (κ1) is 15.5. The number of morpholine rings is 1. The number of rotatable bonds is 4. The Hall–Kier alpha value is -1.88. The Labute approximate surface area is 125 Å². The molecule has 0 aliphatic carbocycles. The van der Waals surface area contributed by atoms with E-state index < -0.39 is 0 Å². The van der Waals surface area contributed by atoms with Crippen LogP contribution >= 0.6 is 0 Å². The van der Waals surface area contributed by atoms with Crippen molar-refractivity contribution in [1.29, 1.82) is 0 Å². The summed E-state index contributed by atoms with van der Waals surface area (Å²) >= 11 is 0. The second-order valence-electron chi connectivity index (χ2n) is 5.47. The molecule has 1 aliphatic rings. The molecule has 0 radical (unpaired) electrons. The second kappa shape index (κ2) is 7.22. The van der Waals surface area contributed by atoms with Gasteiger partial charge in [-0.1, -0.05) is 18.2 Å². The van der Waals surface area contributed by atoms with Gasteiger partial charge in [-0.2, -0.15) is 0 Å². The van der Waals surface area contributed by atoms with Gasteiger partial charge in [0, 0.05) is 31.1 Å². The van der Waals surface area contributed by atoms with Crippen LogP contribution in [0.2, 0.25) is 0 Å². The SMILES string of the molecule is C[C@H](CC(=O)N1CCO[C@@H](C)C1)NC(=O)c1ccccc1. The number of nitrogens with one attached hydrogen (secondary N) is 1. The van der Waals surface area contributed by atoms with Crippen molar-refractivity contribution < 1.29 is 14.3 Å². The van der Waals surface area contributed by atoms with Gasteiger partial charge in [-0.15, -0.1) is 0 Å². The summed E-state index contributed by atoms with van der Waals surface area (Å²) in [6.45, 7) is 5.64. The minimum absolute atomic E-state index is 0.0611. The number of ether oxygens (including phenoxy) is 1. The molecule has 0 bridgehead atoms. The first-order valence-corrected chi connectivity index (χ1v) is 7.31. The Morgan fingerprint density at radius 2 is 2.10 bits per heavy atom. The fraction of sp³-hybridized carbons (Fsp3) is 0.500. The van der Waals surface area contributed by atoms with Gasteiger partial charge in [0.1, 0.15) is 0 Å². The second-order valence-corrected chi connectivity index (χ2v) is 5.47. The minimum Gasteiger partial charge on any atom is -0.375 e. The maximum absolute atomic E-state index is 12.2. The molecule has 21 heavy (non-hydrogen) atoms. The average Bonchev–Trinajstić information content (AvgIpc) is 2.48. The van der Waals surface area contributed by atoms with Gasteiger partial charge in [0.2, 0.25) is 5.91 Å². The van der Waals surface area contributed by atoms with Gasteiger partial charge in [-0.25, -0.2) is 0 Å². The van der Waals surface area contributed by atoms with Gasteiger partial charge in [0.25, 0.3) is 5.91 Å². The molecule has 0 spiro atoms. The average molecular weight is 290 g/mol. The predicted octanol–water partition coefficient (Wildman–Crippen LogP) is 1.44. The van der Waals surface area contributed by atoms with Crippen LogP contribution in [0, 0.1) is 0 Å². The van der Waals surface area contributed by atoms with Crippen molar-refractivity contribution >= 4 is 11.8 Å². The van der Waals surface area contributed by atoms with Crippen molar-refractivity contribution in [1.82, 2.24) is 10.2 Å². The summed E-state index contributed by atoms with van der Waals surface area (Å²) in [5.41, 5.74) is 0.608. The van der Waals surface area contributed by atoms with Crippen LogP contribution in [-0.2, 0) is 9.53 Å². The Morgan fingerprint density at radius 1 is 1.38 bits per heavy atom. The summed E-state index contributed by atoms with van der Waals surface area (Å²) < 4.78 is 5.42. The number of amides is 2. The maximum atomic E-state index is 12.2. The molecule has 0 saturated carbocycles. The third kappa shape index (κ3) is 4.56. The van der Waals surface area contributed by atoms with Crippen LogP contribution in [0.25, 0.3) is 0 Å². The van der Waals surface area contributed by atoms with Crippen molar-refractivity contribution in [2.24, 2.45) is 0 Å². The van der Waals surface area contributed by atoms with E-state index in [9.17, 15) is 9.59 Å². The molecular formula is C16H22N2O3. The first-order valence-electron chi connectivity index (χ1n) is 7.31. The number of nitrogens with zero attached hydrogens (tertiary/aromatic N) is 1. The Balaban J connectivity index is 1.82. The fourth-order valence-corrected chi connectivity index (χ4v) is 2.38. The lowest BCUT2D eigenvalue weighted by molar-refractivity contribution is -0.138. The van der Waals surface area contributed by atoms with E-state index in [1.54, 1.807) is 17.0 Å². The highest BCUT2D eigenvalue weighted by Gasteiger charge is 2.23. The normalized spacial score (nSPS) is 19.9. The molecule has 2 amide bonds. The lowest BCUT2D eigenvalue weighted by atomic mass is 10.1. The number of hydrogen-bond acceptors (Lipinski definition) is 3. The molecule has 2 rings (SSSR count). The van der Waals surface area contributed by atoms with Gasteiger partial charge in [0.05, 0.1) is 12.7 Å². The van der Waals surface area contributed by atoms with E-state index in [0.717, 1.165) is 0 Å². The molecule has 1 heterocycles. The zero-order valence-electron chi connectivity index (χ0n) is 12.5. The largest absolute Gasteiger partial charge is 0.375 e. The molecular weight excluding hydrogens is 268 g/mol. The summed E-state index contributed by atoms with van der Waals surface area (Å²) in [6, 6.07) is 8.83. The zero-order valence-corrected chi connectivity index (χ0v) is 12.5. The zero-order chi connectivity index (χ0) is 15.2. The molecule has 1 saturated heterocycles. The summed E-state index contributed by atoms with van der Waals surface area (Å²) in [5.74, 6) is -0.0859. The van der Waals surface area contributed by atoms with E-state index in [1.165, 1.54) is 0 Å². The van der Waals surface area contributed by atoms with Crippen LogP contribution in [0.1, 0.15) is 30.6 Å². The van der Waals surface area contributed by atoms with E-state index >= 15 is 0 Å². The highest BCUT2D eigenvalue weighted by atomic mass is 16.5. The quantitative estimate of drug-likeness (QED) is 0.913. The molecule has 1 aromatic rings. The molecule has 0 unspecified atom stereocenters. The summed E-state index contributed by atoms with van der Waals surface area (Å²) in [7, 11) is 0. The number of hydrogen-bond donors (Lipinski definition) is 1. The van der Waals surface area contributed by atoms with Gasteiger partial charge in [-0.05, 0) is 26.0 Å². The Morgan fingerprint density at radius 3 is 2.76 bits per heavy atom. The Kier molecular flexibility index (Phi) is 5.33. The van der Waals surface area contributed by atoms with Crippen LogP contribution in [-0.4, -0.2) is 48.6 Å². The molecule has 1 aliphatic heterocycles. The third-order valence-electron chi connectivity index (χ3n) is 3.49. The van der Waals surface area contributed by atoms with E-state index in [0.29, 0.717) is 31.7 Å². The number of carbonyl (C=O) groups is 2.